The summed E-state index contributed by atoms with van der Waals surface area (Å²) in [4.78, 5) is 0. The van der Waals surface area contributed by atoms with Crippen LogP contribution in [0.2, 0.25) is 0 Å². The minimum absolute atomic E-state index is 0.507. The number of benzene rings is 1. The van der Waals surface area contributed by atoms with Crippen LogP contribution in [0.5, 0.6) is 5.75 Å². The predicted octanol–water partition coefficient (Wildman–Crippen LogP) is 3.36. The van der Waals surface area contributed by atoms with Gasteiger partial charge in [0.25, 0.3) is 0 Å². The summed E-state index contributed by atoms with van der Waals surface area (Å²) in [6.45, 7) is 6.12. The monoisotopic (exact) mass is 409 g/mol. The Morgan fingerprint density at radius 3 is 2.30 bits per heavy atom. The van der Waals surface area contributed by atoms with Crippen LogP contribution >= 0.6 is 31.9 Å². The van der Waals surface area contributed by atoms with Crippen molar-refractivity contribution in [1.29, 1.82) is 0 Å². The van der Waals surface area contributed by atoms with Crippen LogP contribution in [-0.2, 0) is 16.0 Å². The van der Waals surface area contributed by atoms with Crippen LogP contribution in [0.3, 0.4) is 0 Å². The van der Waals surface area contributed by atoms with Gasteiger partial charge in [-0.25, -0.2) is 0 Å². The molecule has 0 spiro atoms. The zero-order valence-electron chi connectivity index (χ0n) is 11.9. The molecule has 1 N–H and O–H groups in total. The van der Waals surface area contributed by atoms with Crippen molar-refractivity contribution in [2.75, 3.05) is 40.1 Å². The number of hydrogen-bond donors (Lipinski definition) is 1. The number of ether oxygens (including phenoxy) is 3. The fourth-order valence-electron chi connectivity index (χ4n) is 1.57. The molecule has 0 fully saturated rings. The summed E-state index contributed by atoms with van der Waals surface area (Å²) in [5.41, 5.74) is 1.20. The molecule has 6 heteroatoms. The maximum absolute atomic E-state index is 5.73. The summed E-state index contributed by atoms with van der Waals surface area (Å²) in [6.07, 6.45) is 0. The SMILES string of the molecule is CCNCc1cc(Br)c(OCCOCCOC)c(Br)c1. The maximum atomic E-state index is 5.73. The van der Waals surface area contributed by atoms with Gasteiger partial charge in [0, 0.05) is 13.7 Å². The third-order valence-electron chi connectivity index (χ3n) is 2.54. The number of methoxy groups -OCH3 is 1. The van der Waals surface area contributed by atoms with Crippen molar-refractivity contribution in [1.82, 2.24) is 5.32 Å². The van der Waals surface area contributed by atoms with E-state index in [-0.39, 0.29) is 0 Å². The highest BCUT2D eigenvalue weighted by molar-refractivity contribution is 9.11. The highest BCUT2D eigenvalue weighted by atomic mass is 79.9. The summed E-state index contributed by atoms with van der Waals surface area (Å²) in [5.74, 6) is 0.806. The lowest BCUT2D eigenvalue weighted by molar-refractivity contribution is 0.0542. The van der Waals surface area contributed by atoms with E-state index in [9.17, 15) is 0 Å². The average molecular weight is 411 g/mol. The molecule has 1 rings (SSSR count). The first-order valence-corrected chi connectivity index (χ1v) is 8.15. The van der Waals surface area contributed by atoms with Crippen molar-refractivity contribution in [2.45, 2.75) is 13.5 Å². The molecule has 1 aromatic carbocycles. The van der Waals surface area contributed by atoms with Gasteiger partial charge in [0.1, 0.15) is 12.4 Å². The van der Waals surface area contributed by atoms with E-state index in [1.54, 1.807) is 7.11 Å². The number of nitrogens with one attached hydrogen (secondary N) is 1. The first-order chi connectivity index (χ1) is 9.69. The molecular formula is C14H21Br2NO3. The number of rotatable bonds is 10. The molecule has 0 atom stereocenters. The molecule has 0 unspecified atom stereocenters. The molecule has 0 bridgehead atoms. The van der Waals surface area contributed by atoms with Gasteiger partial charge in [-0.1, -0.05) is 6.92 Å². The van der Waals surface area contributed by atoms with Gasteiger partial charge >= 0.3 is 0 Å². The van der Waals surface area contributed by atoms with E-state index in [0.717, 1.165) is 27.8 Å². The summed E-state index contributed by atoms with van der Waals surface area (Å²) in [5, 5.41) is 3.30. The van der Waals surface area contributed by atoms with E-state index in [0.29, 0.717) is 26.4 Å². The molecule has 0 heterocycles. The van der Waals surface area contributed by atoms with Gasteiger partial charge in [-0.3, -0.25) is 0 Å². The summed E-state index contributed by atoms with van der Waals surface area (Å²) in [6, 6.07) is 4.13. The van der Waals surface area contributed by atoms with Gasteiger partial charge in [0.05, 0.1) is 28.8 Å². The highest BCUT2D eigenvalue weighted by Crippen LogP contribution is 2.34. The van der Waals surface area contributed by atoms with Crippen molar-refractivity contribution >= 4 is 31.9 Å². The molecule has 114 valence electrons. The lowest BCUT2D eigenvalue weighted by atomic mass is 10.2. The fourth-order valence-corrected chi connectivity index (χ4v) is 3.08. The quantitative estimate of drug-likeness (QED) is 0.600. The molecule has 0 aliphatic carbocycles. The van der Waals surface area contributed by atoms with Gasteiger partial charge in [0.15, 0.2) is 0 Å². The lowest BCUT2D eigenvalue weighted by Gasteiger charge is -2.12. The Hall–Kier alpha value is -0.140. The molecule has 4 nitrogen and oxygen atoms in total. The van der Waals surface area contributed by atoms with E-state index in [1.807, 2.05) is 0 Å². The molecule has 0 radical (unpaired) electrons. The minimum Gasteiger partial charge on any atom is -0.489 e. The zero-order chi connectivity index (χ0) is 14.8. The Kier molecular flexibility index (Phi) is 9.46. The van der Waals surface area contributed by atoms with Gasteiger partial charge in [-0.05, 0) is 56.1 Å². The summed E-state index contributed by atoms with van der Waals surface area (Å²) in [7, 11) is 1.66. The molecule has 0 aliphatic rings. The Bertz CT molecular complexity index is 379. The highest BCUT2D eigenvalue weighted by Gasteiger charge is 2.09. The number of halogens is 2. The van der Waals surface area contributed by atoms with Gasteiger partial charge in [-0.2, -0.15) is 0 Å². The van der Waals surface area contributed by atoms with Crippen LogP contribution < -0.4 is 10.1 Å². The van der Waals surface area contributed by atoms with Crippen molar-refractivity contribution in [3.63, 3.8) is 0 Å². The predicted molar refractivity (Wildman–Crippen MR) is 87.4 cm³/mol. The molecular weight excluding hydrogens is 390 g/mol. The third-order valence-corrected chi connectivity index (χ3v) is 3.72. The van der Waals surface area contributed by atoms with Gasteiger partial charge < -0.3 is 19.5 Å². The zero-order valence-corrected chi connectivity index (χ0v) is 15.1. The van der Waals surface area contributed by atoms with Crippen LogP contribution in [0.1, 0.15) is 12.5 Å². The smallest absolute Gasteiger partial charge is 0.147 e. The molecule has 0 saturated heterocycles. The fraction of sp³-hybridized carbons (Fsp3) is 0.571. The second-order valence-corrected chi connectivity index (χ2v) is 5.83. The molecule has 1 aromatic rings. The largest absolute Gasteiger partial charge is 0.489 e. The average Bonchev–Trinajstić information content (AvgIpc) is 2.42. The van der Waals surface area contributed by atoms with E-state index in [4.69, 9.17) is 14.2 Å². The van der Waals surface area contributed by atoms with Gasteiger partial charge in [-0.15, -0.1) is 0 Å². The van der Waals surface area contributed by atoms with Crippen LogP contribution in [-0.4, -0.2) is 40.1 Å². The van der Waals surface area contributed by atoms with E-state index < -0.39 is 0 Å². The Labute approximate surface area is 137 Å². The van der Waals surface area contributed by atoms with Crippen molar-refractivity contribution in [3.8, 4) is 5.75 Å². The Morgan fingerprint density at radius 1 is 1.05 bits per heavy atom. The van der Waals surface area contributed by atoms with E-state index in [1.165, 1.54) is 5.56 Å². The van der Waals surface area contributed by atoms with Crippen LogP contribution in [0.15, 0.2) is 21.1 Å². The minimum atomic E-state index is 0.507. The standard InChI is InChI=1S/C14H21Br2NO3/c1-3-17-10-11-8-12(15)14(13(16)9-11)20-7-6-19-5-4-18-2/h8-9,17H,3-7,10H2,1-2H3. The third kappa shape index (κ3) is 6.54. The molecule has 20 heavy (non-hydrogen) atoms. The van der Waals surface area contributed by atoms with E-state index in [2.05, 4.69) is 56.2 Å². The van der Waals surface area contributed by atoms with Crippen molar-refractivity contribution in [3.05, 3.63) is 26.6 Å². The van der Waals surface area contributed by atoms with Crippen LogP contribution in [0.25, 0.3) is 0 Å². The second-order valence-electron chi connectivity index (χ2n) is 4.12. The second kappa shape index (κ2) is 10.6. The summed E-state index contributed by atoms with van der Waals surface area (Å²) < 4.78 is 17.9. The number of hydrogen-bond acceptors (Lipinski definition) is 4. The van der Waals surface area contributed by atoms with Gasteiger partial charge in [0.2, 0.25) is 0 Å². The Morgan fingerprint density at radius 2 is 1.70 bits per heavy atom. The molecule has 0 aromatic heterocycles. The maximum Gasteiger partial charge on any atom is 0.147 e. The molecule has 0 amide bonds. The molecule has 0 saturated carbocycles. The summed E-state index contributed by atoms with van der Waals surface area (Å²) >= 11 is 7.08. The lowest BCUT2D eigenvalue weighted by Crippen LogP contribution is -2.12. The first kappa shape index (κ1) is 17.9. The first-order valence-electron chi connectivity index (χ1n) is 6.57. The molecule has 0 aliphatic heterocycles. The topological polar surface area (TPSA) is 39.7 Å². The van der Waals surface area contributed by atoms with Crippen molar-refractivity contribution < 1.29 is 14.2 Å². The van der Waals surface area contributed by atoms with Crippen LogP contribution in [0, 0.1) is 0 Å². The Balaban J connectivity index is 2.45. The van der Waals surface area contributed by atoms with Crippen molar-refractivity contribution in [2.24, 2.45) is 0 Å². The van der Waals surface area contributed by atoms with E-state index >= 15 is 0 Å². The van der Waals surface area contributed by atoms with Crippen LogP contribution in [0.4, 0.5) is 0 Å². The normalized spacial score (nSPS) is 10.8.